The Morgan fingerprint density at radius 2 is 2.17 bits per heavy atom. The lowest BCUT2D eigenvalue weighted by atomic mass is 9.96. The molecule has 3 rings (SSSR count). The topological polar surface area (TPSA) is 53.9 Å². The second-order valence-corrected chi connectivity index (χ2v) is 6.61. The van der Waals surface area contributed by atoms with Gasteiger partial charge in [0.15, 0.2) is 5.60 Å². The Bertz CT molecular complexity index is 615. The number of likely N-dealkylation sites (tertiary alicyclic amines) is 1. The highest BCUT2D eigenvalue weighted by molar-refractivity contribution is 6.39. The molecule has 5 nitrogen and oxygen atoms in total. The van der Waals surface area contributed by atoms with Crippen LogP contribution in [-0.2, 0) is 16.2 Å². The van der Waals surface area contributed by atoms with Crippen LogP contribution in [0.15, 0.2) is 29.4 Å². The van der Waals surface area contributed by atoms with Gasteiger partial charge in [-0.2, -0.15) is 0 Å². The Hall–Kier alpha value is -1.95. The number of amides is 1. The lowest BCUT2D eigenvalue weighted by Gasteiger charge is -2.23. The molecule has 0 radical (unpaired) electrons. The first kappa shape index (κ1) is 15.9. The molecule has 124 valence electrons. The molecule has 1 fully saturated rings. The minimum atomic E-state index is -0.340. The summed E-state index contributed by atoms with van der Waals surface area (Å²) >= 11 is 0. The van der Waals surface area contributed by atoms with E-state index in [0.29, 0.717) is 24.7 Å². The smallest absolute Gasteiger partial charge is 0.269 e. The predicted octanol–water partition coefficient (Wildman–Crippen LogP) is 2.07. The standard InChI is InChI=1S/C17H22FN3O2/c1-12(2)21-8-7-17(11-21)9-15(20-23-17)16(22)19-10-13-3-5-14(18)6-4-13/h3-6,12H,7-11H2,1-2H3,(H,19,22)/t17-/m1/s1. The summed E-state index contributed by atoms with van der Waals surface area (Å²) in [5.74, 6) is -0.499. The maximum atomic E-state index is 12.9. The van der Waals surface area contributed by atoms with Gasteiger partial charge in [-0.1, -0.05) is 17.3 Å². The van der Waals surface area contributed by atoms with Crippen molar-refractivity contribution in [2.24, 2.45) is 5.16 Å². The average Bonchev–Trinajstić information content (AvgIpc) is 3.14. The number of carbonyl (C=O) groups excluding carboxylic acids is 1. The second kappa shape index (κ2) is 6.28. The molecule has 23 heavy (non-hydrogen) atoms. The number of carbonyl (C=O) groups is 1. The van der Waals surface area contributed by atoms with Crippen molar-refractivity contribution < 1.29 is 14.0 Å². The quantitative estimate of drug-likeness (QED) is 0.924. The summed E-state index contributed by atoms with van der Waals surface area (Å²) in [4.78, 5) is 20.2. The average molecular weight is 319 g/mol. The molecule has 1 aromatic rings. The molecule has 1 N–H and O–H groups in total. The van der Waals surface area contributed by atoms with Crippen LogP contribution >= 0.6 is 0 Å². The number of nitrogens with zero attached hydrogens (tertiary/aromatic N) is 2. The largest absolute Gasteiger partial charge is 0.387 e. The van der Waals surface area contributed by atoms with Crippen molar-refractivity contribution in [1.82, 2.24) is 10.2 Å². The third kappa shape index (κ3) is 3.52. The summed E-state index contributed by atoms with van der Waals surface area (Å²) in [5.41, 5.74) is 0.950. The van der Waals surface area contributed by atoms with Crippen molar-refractivity contribution in [3.63, 3.8) is 0 Å². The molecular weight excluding hydrogens is 297 g/mol. The van der Waals surface area contributed by atoms with Gasteiger partial charge < -0.3 is 10.2 Å². The number of nitrogens with one attached hydrogen (secondary N) is 1. The van der Waals surface area contributed by atoms with E-state index in [1.807, 2.05) is 0 Å². The fourth-order valence-corrected chi connectivity index (χ4v) is 3.07. The van der Waals surface area contributed by atoms with Crippen molar-refractivity contribution in [3.8, 4) is 0 Å². The van der Waals surface area contributed by atoms with Gasteiger partial charge in [-0.05, 0) is 31.5 Å². The maximum Gasteiger partial charge on any atom is 0.269 e. The van der Waals surface area contributed by atoms with Crippen molar-refractivity contribution >= 4 is 11.6 Å². The Morgan fingerprint density at radius 1 is 1.43 bits per heavy atom. The van der Waals surface area contributed by atoms with Crippen LogP contribution in [0.25, 0.3) is 0 Å². The highest BCUT2D eigenvalue weighted by atomic mass is 19.1. The van der Waals surface area contributed by atoms with Gasteiger partial charge in [0.05, 0.1) is 0 Å². The number of oxime groups is 1. The van der Waals surface area contributed by atoms with Gasteiger partial charge >= 0.3 is 0 Å². The summed E-state index contributed by atoms with van der Waals surface area (Å²) in [6.45, 7) is 6.44. The molecule has 1 spiro atoms. The number of benzene rings is 1. The molecule has 2 aliphatic heterocycles. The molecule has 1 saturated heterocycles. The van der Waals surface area contributed by atoms with E-state index < -0.39 is 0 Å². The van der Waals surface area contributed by atoms with Gasteiger partial charge in [0.25, 0.3) is 5.91 Å². The third-order valence-corrected chi connectivity index (χ3v) is 4.54. The van der Waals surface area contributed by atoms with Crippen molar-refractivity contribution in [2.75, 3.05) is 13.1 Å². The number of hydrogen-bond donors (Lipinski definition) is 1. The van der Waals surface area contributed by atoms with Gasteiger partial charge in [0.1, 0.15) is 11.5 Å². The SMILES string of the molecule is CC(C)N1CC[C@@]2(CC(C(=O)NCc3ccc(F)cc3)=NO2)C1. The lowest BCUT2D eigenvalue weighted by molar-refractivity contribution is -0.115. The van der Waals surface area contributed by atoms with Crippen molar-refractivity contribution in [2.45, 2.75) is 44.9 Å². The van der Waals surface area contributed by atoms with E-state index in [9.17, 15) is 9.18 Å². The molecule has 0 unspecified atom stereocenters. The highest BCUT2D eigenvalue weighted by Crippen LogP contribution is 2.34. The van der Waals surface area contributed by atoms with E-state index in [-0.39, 0.29) is 17.3 Å². The van der Waals surface area contributed by atoms with E-state index >= 15 is 0 Å². The normalized spacial score (nSPS) is 24.1. The van der Waals surface area contributed by atoms with E-state index in [2.05, 4.69) is 29.2 Å². The summed E-state index contributed by atoms with van der Waals surface area (Å²) in [6.07, 6.45) is 1.44. The van der Waals surface area contributed by atoms with Gasteiger partial charge in [0.2, 0.25) is 0 Å². The van der Waals surface area contributed by atoms with E-state index in [1.54, 1.807) is 12.1 Å². The van der Waals surface area contributed by atoms with Crippen LogP contribution in [0.4, 0.5) is 4.39 Å². The third-order valence-electron chi connectivity index (χ3n) is 4.54. The fourth-order valence-electron chi connectivity index (χ4n) is 3.07. The van der Waals surface area contributed by atoms with Crippen LogP contribution in [0.3, 0.4) is 0 Å². The summed E-state index contributed by atoms with van der Waals surface area (Å²) in [6, 6.07) is 6.54. The van der Waals surface area contributed by atoms with E-state index in [4.69, 9.17) is 4.84 Å². The first-order valence-corrected chi connectivity index (χ1v) is 7.99. The lowest BCUT2D eigenvalue weighted by Crippen LogP contribution is -2.38. The monoisotopic (exact) mass is 319 g/mol. The molecule has 1 amide bonds. The van der Waals surface area contributed by atoms with Gasteiger partial charge in [-0.25, -0.2) is 4.39 Å². The zero-order valence-electron chi connectivity index (χ0n) is 13.5. The summed E-state index contributed by atoms with van der Waals surface area (Å²) in [5, 5.41) is 6.82. The minimum Gasteiger partial charge on any atom is -0.387 e. The van der Waals surface area contributed by atoms with Crippen LogP contribution in [0.2, 0.25) is 0 Å². The Balaban J connectivity index is 1.52. The minimum absolute atomic E-state index is 0.214. The number of halogens is 1. The molecular formula is C17H22FN3O2. The molecule has 0 aromatic heterocycles. The van der Waals surface area contributed by atoms with Crippen LogP contribution in [0, 0.1) is 5.82 Å². The zero-order valence-corrected chi connectivity index (χ0v) is 13.5. The van der Waals surface area contributed by atoms with Crippen LogP contribution < -0.4 is 5.32 Å². The Morgan fingerprint density at radius 3 is 2.83 bits per heavy atom. The Kier molecular flexibility index (Phi) is 4.35. The number of hydrogen-bond acceptors (Lipinski definition) is 4. The van der Waals surface area contributed by atoms with Gasteiger partial charge in [-0.3, -0.25) is 9.69 Å². The van der Waals surface area contributed by atoms with Gasteiger partial charge in [0, 0.05) is 38.5 Å². The Labute approximate surface area is 135 Å². The van der Waals surface area contributed by atoms with Crippen LogP contribution in [-0.4, -0.2) is 41.3 Å². The van der Waals surface area contributed by atoms with E-state index in [1.165, 1.54) is 12.1 Å². The van der Waals surface area contributed by atoms with Crippen LogP contribution in [0.1, 0.15) is 32.3 Å². The molecule has 0 saturated carbocycles. The number of rotatable bonds is 4. The molecule has 2 aliphatic rings. The fraction of sp³-hybridized carbons (Fsp3) is 0.529. The van der Waals surface area contributed by atoms with Crippen molar-refractivity contribution in [3.05, 3.63) is 35.6 Å². The van der Waals surface area contributed by atoms with Crippen LogP contribution in [0.5, 0.6) is 0 Å². The molecule has 2 heterocycles. The van der Waals surface area contributed by atoms with E-state index in [0.717, 1.165) is 25.1 Å². The van der Waals surface area contributed by atoms with Gasteiger partial charge in [-0.15, -0.1) is 0 Å². The summed E-state index contributed by atoms with van der Waals surface area (Å²) < 4.78 is 12.9. The molecule has 0 bridgehead atoms. The van der Waals surface area contributed by atoms with Crippen molar-refractivity contribution in [1.29, 1.82) is 0 Å². The zero-order chi connectivity index (χ0) is 16.4. The summed E-state index contributed by atoms with van der Waals surface area (Å²) in [7, 11) is 0. The second-order valence-electron chi connectivity index (χ2n) is 6.61. The predicted molar refractivity (Wildman–Crippen MR) is 85.4 cm³/mol. The maximum absolute atomic E-state index is 12.9. The first-order valence-electron chi connectivity index (χ1n) is 7.99. The highest BCUT2D eigenvalue weighted by Gasteiger charge is 2.46. The molecule has 1 atom stereocenters. The molecule has 6 heteroatoms. The molecule has 0 aliphatic carbocycles. The first-order chi connectivity index (χ1) is 11.0. The molecule has 1 aromatic carbocycles.